The molecule has 0 saturated heterocycles. The van der Waals surface area contributed by atoms with Gasteiger partial charge in [-0.05, 0) is 37.0 Å². The van der Waals surface area contributed by atoms with Crippen LogP contribution in [0.5, 0.6) is 5.75 Å². The molecule has 1 aromatic carbocycles. The molecule has 20 heavy (non-hydrogen) atoms. The van der Waals surface area contributed by atoms with E-state index in [1.165, 1.54) is 7.11 Å². The van der Waals surface area contributed by atoms with Gasteiger partial charge in [-0.2, -0.15) is 0 Å². The van der Waals surface area contributed by atoms with E-state index in [0.717, 1.165) is 5.56 Å². The Kier molecular flexibility index (Phi) is 4.87. The van der Waals surface area contributed by atoms with Gasteiger partial charge in [-0.25, -0.2) is 4.79 Å². The van der Waals surface area contributed by atoms with Crippen LogP contribution in [0.4, 0.5) is 16.2 Å². The summed E-state index contributed by atoms with van der Waals surface area (Å²) in [5.41, 5.74) is 7.92. The normalized spacial score (nSPS) is 11.3. The number of nitrogens with two attached hydrogens (primary N) is 1. The highest BCUT2D eigenvalue weighted by molar-refractivity contribution is 5.89. The lowest BCUT2D eigenvalue weighted by Crippen LogP contribution is -2.20. The van der Waals surface area contributed by atoms with Gasteiger partial charge >= 0.3 is 6.09 Å². The summed E-state index contributed by atoms with van der Waals surface area (Å²) in [6.07, 6.45) is -0.715. The molecule has 0 saturated carbocycles. The SMILES string of the molecule is COc1c(N)cc(C(C)(C)C)cc1NC(=O)OC(C)C. The summed E-state index contributed by atoms with van der Waals surface area (Å²) in [5.74, 6) is 0.443. The Bertz CT molecular complexity index is 491. The van der Waals surface area contributed by atoms with Crippen molar-refractivity contribution >= 4 is 17.5 Å². The minimum atomic E-state index is -0.524. The van der Waals surface area contributed by atoms with Crippen molar-refractivity contribution in [2.45, 2.75) is 46.1 Å². The van der Waals surface area contributed by atoms with Crippen LogP contribution in [0.2, 0.25) is 0 Å². The van der Waals surface area contributed by atoms with Gasteiger partial charge in [0.1, 0.15) is 0 Å². The molecule has 1 rings (SSSR count). The maximum Gasteiger partial charge on any atom is 0.411 e. The molecule has 0 fully saturated rings. The molecule has 112 valence electrons. The van der Waals surface area contributed by atoms with Crippen molar-refractivity contribution in [2.75, 3.05) is 18.2 Å². The zero-order chi connectivity index (χ0) is 15.5. The molecule has 1 amide bonds. The van der Waals surface area contributed by atoms with Gasteiger partial charge in [0.25, 0.3) is 0 Å². The molecule has 0 aliphatic carbocycles. The van der Waals surface area contributed by atoms with Crippen LogP contribution in [-0.4, -0.2) is 19.3 Å². The zero-order valence-corrected chi connectivity index (χ0v) is 13.0. The first kappa shape index (κ1) is 16.1. The lowest BCUT2D eigenvalue weighted by Gasteiger charge is -2.22. The second kappa shape index (κ2) is 6.03. The third-order valence-electron chi connectivity index (χ3n) is 2.77. The van der Waals surface area contributed by atoms with Crippen molar-refractivity contribution in [1.29, 1.82) is 0 Å². The number of carbonyl (C=O) groups is 1. The summed E-state index contributed by atoms with van der Waals surface area (Å²) < 4.78 is 10.3. The van der Waals surface area contributed by atoms with Gasteiger partial charge in [-0.3, -0.25) is 5.32 Å². The summed E-state index contributed by atoms with van der Waals surface area (Å²) in [7, 11) is 1.52. The fourth-order valence-corrected chi connectivity index (χ4v) is 1.76. The zero-order valence-electron chi connectivity index (χ0n) is 13.0. The summed E-state index contributed by atoms with van der Waals surface area (Å²) in [6, 6.07) is 3.72. The minimum Gasteiger partial charge on any atom is -0.492 e. The van der Waals surface area contributed by atoms with Crippen LogP contribution in [-0.2, 0) is 10.2 Å². The van der Waals surface area contributed by atoms with E-state index >= 15 is 0 Å². The van der Waals surface area contributed by atoms with Gasteiger partial charge in [0.2, 0.25) is 0 Å². The Labute approximate surface area is 120 Å². The number of anilines is 2. The Hall–Kier alpha value is -1.91. The van der Waals surface area contributed by atoms with Gasteiger partial charge in [0.05, 0.1) is 24.6 Å². The molecular weight excluding hydrogens is 256 g/mol. The first-order chi connectivity index (χ1) is 9.15. The number of hydrogen-bond donors (Lipinski definition) is 2. The number of amides is 1. The Morgan fingerprint density at radius 1 is 1.30 bits per heavy atom. The smallest absolute Gasteiger partial charge is 0.411 e. The van der Waals surface area contributed by atoms with Gasteiger partial charge in [-0.15, -0.1) is 0 Å². The van der Waals surface area contributed by atoms with E-state index in [1.54, 1.807) is 13.8 Å². The lowest BCUT2D eigenvalue weighted by atomic mass is 9.86. The number of nitrogens with one attached hydrogen (secondary N) is 1. The molecule has 1 aromatic rings. The van der Waals surface area contributed by atoms with E-state index in [-0.39, 0.29) is 11.5 Å². The molecule has 0 radical (unpaired) electrons. The molecule has 0 aliphatic heterocycles. The molecule has 0 aliphatic rings. The first-order valence-electron chi connectivity index (χ1n) is 6.60. The maximum atomic E-state index is 11.7. The third kappa shape index (κ3) is 4.05. The highest BCUT2D eigenvalue weighted by Gasteiger charge is 2.20. The van der Waals surface area contributed by atoms with Crippen molar-refractivity contribution in [3.05, 3.63) is 17.7 Å². The topological polar surface area (TPSA) is 73.6 Å². The summed E-state index contributed by atoms with van der Waals surface area (Å²) in [6.45, 7) is 9.80. The molecule has 0 spiro atoms. The van der Waals surface area contributed by atoms with Gasteiger partial charge < -0.3 is 15.2 Å². The van der Waals surface area contributed by atoms with Crippen LogP contribution in [0, 0.1) is 0 Å². The quantitative estimate of drug-likeness (QED) is 0.831. The van der Waals surface area contributed by atoms with Crippen molar-refractivity contribution in [2.24, 2.45) is 0 Å². The van der Waals surface area contributed by atoms with E-state index in [1.807, 2.05) is 12.1 Å². The fourth-order valence-electron chi connectivity index (χ4n) is 1.76. The lowest BCUT2D eigenvalue weighted by molar-refractivity contribution is 0.130. The van der Waals surface area contributed by atoms with E-state index in [2.05, 4.69) is 26.1 Å². The summed E-state index contributed by atoms with van der Waals surface area (Å²) >= 11 is 0. The number of rotatable bonds is 3. The first-order valence-corrected chi connectivity index (χ1v) is 6.60. The number of benzene rings is 1. The van der Waals surface area contributed by atoms with Crippen LogP contribution >= 0.6 is 0 Å². The number of hydrogen-bond acceptors (Lipinski definition) is 4. The highest BCUT2D eigenvalue weighted by atomic mass is 16.6. The van der Waals surface area contributed by atoms with Gasteiger partial charge in [-0.1, -0.05) is 20.8 Å². The van der Waals surface area contributed by atoms with Gasteiger partial charge in [0.15, 0.2) is 5.75 Å². The maximum absolute atomic E-state index is 11.7. The standard InChI is InChI=1S/C15H24N2O3/c1-9(2)20-14(18)17-12-8-10(15(3,4)5)7-11(16)13(12)19-6/h7-9H,16H2,1-6H3,(H,17,18). The Morgan fingerprint density at radius 2 is 1.90 bits per heavy atom. The summed E-state index contributed by atoms with van der Waals surface area (Å²) in [5, 5.41) is 2.68. The third-order valence-corrected chi connectivity index (χ3v) is 2.77. The highest BCUT2D eigenvalue weighted by Crippen LogP contribution is 2.36. The monoisotopic (exact) mass is 280 g/mol. The fraction of sp³-hybridized carbons (Fsp3) is 0.533. The molecule has 0 unspecified atom stereocenters. The van der Waals surface area contributed by atoms with E-state index in [4.69, 9.17) is 15.2 Å². The van der Waals surface area contributed by atoms with Crippen LogP contribution in [0.25, 0.3) is 0 Å². The van der Waals surface area contributed by atoms with Crippen LogP contribution in [0.1, 0.15) is 40.2 Å². The molecule has 0 atom stereocenters. The second-order valence-corrected chi connectivity index (χ2v) is 5.98. The van der Waals surface area contributed by atoms with Gasteiger partial charge in [0, 0.05) is 0 Å². The number of carbonyl (C=O) groups excluding carboxylic acids is 1. The van der Waals surface area contributed by atoms with Crippen LogP contribution in [0.3, 0.4) is 0 Å². The average Bonchev–Trinajstić information content (AvgIpc) is 2.25. The molecule has 0 bridgehead atoms. The Morgan fingerprint density at radius 3 is 2.35 bits per heavy atom. The van der Waals surface area contributed by atoms with E-state index < -0.39 is 6.09 Å². The van der Waals surface area contributed by atoms with Crippen LogP contribution in [0.15, 0.2) is 12.1 Å². The molecule has 3 N–H and O–H groups in total. The predicted molar refractivity (Wildman–Crippen MR) is 81.3 cm³/mol. The number of methoxy groups -OCH3 is 1. The largest absolute Gasteiger partial charge is 0.492 e. The average molecular weight is 280 g/mol. The van der Waals surface area contributed by atoms with E-state index in [9.17, 15) is 4.79 Å². The molecule has 5 nitrogen and oxygen atoms in total. The molecule has 0 aromatic heterocycles. The number of nitrogen functional groups attached to an aromatic ring is 1. The molecular formula is C15H24N2O3. The predicted octanol–water partition coefficient (Wildman–Crippen LogP) is 3.53. The minimum absolute atomic E-state index is 0.0845. The van der Waals surface area contributed by atoms with Crippen molar-refractivity contribution < 1.29 is 14.3 Å². The van der Waals surface area contributed by atoms with Crippen molar-refractivity contribution in [3.63, 3.8) is 0 Å². The molecule has 0 heterocycles. The Balaban J connectivity index is 3.15. The second-order valence-electron chi connectivity index (χ2n) is 5.98. The summed E-state index contributed by atoms with van der Waals surface area (Å²) in [4.78, 5) is 11.7. The van der Waals surface area contributed by atoms with Crippen molar-refractivity contribution in [3.8, 4) is 5.75 Å². The van der Waals surface area contributed by atoms with E-state index in [0.29, 0.717) is 17.1 Å². The molecule has 5 heteroatoms. The van der Waals surface area contributed by atoms with Crippen LogP contribution < -0.4 is 15.8 Å². The number of ether oxygens (including phenoxy) is 2. The van der Waals surface area contributed by atoms with Crippen molar-refractivity contribution in [1.82, 2.24) is 0 Å².